The molecule has 0 spiro atoms. The fraction of sp³-hybridized carbons (Fsp3) is 0.429. The van der Waals surface area contributed by atoms with Gasteiger partial charge < -0.3 is 20.9 Å². The van der Waals surface area contributed by atoms with E-state index in [2.05, 4.69) is 38.8 Å². The smallest absolute Gasteiger partial charge is 0.170 e. The van der Waals surface area contributed by atoms with Crippen LogP contribution in [-0.2, 0) is 0 Å². The topological polar surface area (TPSA) is 52.2 Å². The molecule has 5 nitrogen and oxygen atoms in total. The Morgan fingerprint density at radius 2 is 1.83 bits per heavy atom. The number of hydrogen-bond acceptors (Lipinski definition) is 4. The first-order chi connectivity index (χ1) is 13.8. The second-order valence-electron chi connectivity index (χ2n) is 7.67. The van der Waals surface area contributed by atoms with Crippen molar-refractivity contribution >= 4 is 58.5 Å². The first kappa shape index (κ1) is 24.4. The Hall–Kier alpha value is -1.83. The van der Waals surface area contributed by atoms with Gasteiger partial charge in [-0.3, -0.25) is 0 Å². The Morgan fingerprint density at radius 1 is 1.17 bits per heavy atom. The molecule has 1 aromatic heterocycles. The lowest BCUT2D eigenvalue weighted by molar-refractivity contribution is 0.388. The van der Waals surface area contributed by atoms with Gasteiger partial charge in [-0.15, -0.1) is 12.4 Å². The van der Waals surface area contributed by atoms with Gasteiger partial charge in [0.05, 0.1) is 5.02 Å². The SMILES string of the molecule is Cc1cnc(NC2CCC(NC(=S)Nc3ccc(F)c(Cl)c3)CC2)cc1N(C)C.Cl. The summed E-state index contributed by atoms with van der Waals surface area (Å²) >= 11 is 11.2. The third-order valence-corrected chi connectivity index (χ3v) is 5.66. The molecule has 30 heavy (non-hydrogen) atoms. The molecule has 1 saturated carbocycles. The summed E-state index contributed by atoms with van der Waals surface area (Å²) in [5, 5.41) is 10.6. The number of aromatic nitrogens is 1. The molecule has 1 aliphatic rings. The van der Waals surface area contributed by atoms with Gasteiger partial charge in [0, 0.05) is 49.8 Å². The number of pyridine rings is 1. The summed E-state index contributed by atoms with van der Waals surface area (Å²) in [6.07, 6.45) is 6.01. The molecule has 1 heterocycles. The van der Waals surface area contributed by atoms with Crippen molar-refractivity contribution in [3.05, 3.63) is 46.9 Å². The normalized spacial score (nSPS) is 18.2. The number of hydrogen-bond donors (Lipinski definition) is 3. The van der Waals surface area contributed by atoms with E-state index in [4.69, 9.17) is 23.8 Å². The maximum Gasteiger partial charge on any atom is 0.170 e. The molecular weight excluding hydrogens is 444 g/mol. The molecule has 0 bridgehead atoms. The van der Waals surface area contributed by atoms with Gasteiger partial charge in [0.1, 0.15) is 11.6 Å². The Morgan fingerprint density at radius 3 is 2.47 bits per heavy atom. The molecule has 0 radical (unpaired) electrons. The van der Waals surface area contributed by atoms with Gasteiger partial charge in [0.25, 0.3) is 0 Å². The van der Waals surface area contributed by atoms with E-state index in [0.29, 0.717) is 22.9 Å². The van der Waals surface area contributed by atoms with Crippen molar-refractivity contribution in [3.63, 3.8) is 0 Å². The molecule has 0 unspecified atom stereocenters. The Labute approximate surface area is 194 Å². The average molecular weight is 472 g/mol. The molecule has 0 atom stereocenters. The van der Waals surface area contributed by atoms with Crippen LogP contribution in [0.4, 0.5) is 21.6 Å². The highest BCUT2D eigenvalue weighted by Gasteiger charge is 2.22. The van der Waals surface area contributed by atoms with Crippen LogP contribution in [0.5, 0.6) is 0 Å². The number of nitrogens with one attached hydrogen (secondary N) is 3. The van der Waals surface area contributed by atoms with Gasteiger partial charge in [-0.2, -0.15) is 0 Å². The van der Waals surface area contributed by atoms with Gasteiger partial charge in [0.15, 0.2) is 5.11 Å². The van der Waals surface area contributed by atoms with Crippen molar-refractivity contribution < 1.29 is 4.39 Å². The fourth-order valence-electron chi connectivity index (χ4n) is 3.59. The summed E-state index contributed by atoms with van der Waals surface area (Å²) in [5.74, 6) is 0.476. The summed E-state index contributed by atoms with van der Waals surface area (Å²) in [5.41, 5.74) is 3.01. The number of aryl methyl sites for hydroxylation is 1. The number of anilines is 3. The zero-order chi connectivity index (χ0) is 21.0. The fourth-order valence-corrected chi connectivity index (χ4v) is 4.06. The van der Waals surface area contributed by atoms with Gasteiger partial charge in [-0.05, 0) is 68.6 Å². The molecule has 9 heteroatoms. The highest BCUT2D eigenvalue weighted by Crippen LogP contribution is 2.25. The van der Waals surface area contributed by atoms with Gasteiger partial charge in [-0.25, -0.2) is 9.37 Å². The van der Waals surface area contributed by atoms with E-state index in [1.165, 1.54) is 17.8 Å². The highest BCUT2D eigenvalue weighted by atomic mass is 35.5. The number of thiocarbonyl (C=S) groups is 1. The Kier molecular flexibility index (Phi) is 8.94. The molecule has 1 aliphatic carbocycles. The first-order valence-electron chi connectivity index (χ1n) is 9.75. The van der Waals surface area contributed by atoms with Gasteiger partial charge in [-0.1, -0.05) is 11.6 Å². The molecule has 0 amide bonds. The third-order valence-electron chi connectivity index (χ3n) is 5.15. The van der Waals surface area contributed by atoms with E-state index in [1.807, 2.05) is 20.3 Å². The molecule has 0 aliphatic heterocycles. The van der Waals surface area contributed by atoms with Crippen LogP contribution in [0.2, 0.25) is 5.02 Å². The minimum absolute atomic E-state index is 0. The molecule has 1 aromatic carbocycles. The Balaban J connectivity index is 0.00000320. The van der Waals surface area contributed by atoms with Crippen molar-refractivity contribution in [1.82, 2.24) is 10.3 Å². The second-order valence-corrected chi connectivity index (χ2v) is 8.49. The zero-order valence-electron chi connectivity index (χ0n) is 17.3. The molecule has 3 rings (SSSR count). The van der Waals surface area contributed by atoms with Crippen LogP contribution in [0.25, 0.3) is 0 Å². The monoisotopic (exact) mass is 471 g/mol. The molecule has 3 N–H and O–H groups in total. The summed E-state index contributed by atoms with van der Waals surface area (Å²) in [4.78, 5) is 6.62. The summed E-state index contributed by atoms with van der Waals surface area (Å²) in [6, 6.07) is 7.29. The zero-order valence-corrected chi connectivity index (χ0v) is 19.7. The number of nitrogens with zero attached hydrogens (tertiary/aromatic N) is 2. The highest BCUT2D eigenvalue weighted by molar-refractivity contribution is 7.80. The van der Waals surface area contributed by atoms with Crippen LogP contribution in [-0.4, -0.2) is 36.3 Å². The van der Waals surface area contributed by atoms with Crippen molar-refractivity contribution in [2.75, 3.05) is 29.6 Å². The maximum absolute atomic E-state index is 13.3. The van der Waals surface area contributed by atoms with E-state index >= 15 is 0 Å². The van der Waals surface area contributed by atoms with Crippen molar-refractivity contribution in [1.29, 1.82) is 0 Å². The average Bonchev–Trinajstić information content (AvgIpc) is 2.67. The predicted molar refractivity (Wildman–Crippen MR) is 131 cm³/mol. The first-order valence-corrected chi connectivity index (χ1v) is 10.5. The lowest BCUT2D eigenvalue weighted by atomic mass is 9.91. The quantitative estimate of drug-likeness (QED) is 0.508. The molecule has 164 valence electrons. The van der Waals surface area contributed by atoms with Crippen LogP contribution in [0.15, 0.2) is 30.5 Å². The van der Waals surface area contributed by atoms with E-state index in [1.54, 1.807) is 6.07 Å². The summed E-state index contributed by atoms with van der Waals surface area (Å²) < 4.78 is 13.3. The standard InChI is InChI=1S/C21H27ClFN5S.ClH/c1-13-12-24-20(11-19(13)28(2)3)25-14-4-6-15(7-5-14)26-21(29)27-16-8-9-18(23)17(22)10-16;/h8-12,14-15H,4-7H2,1-3H3,(H,24,25)(H2,26,27,29);1H. The minimum Gasteiger partial charge on any atom is -0.377 e. The summed E-state index contributed by atoms with van der Waals surface area (Å²) in [6.45, 7) is 2.07. The second kappa shape index (κ2) is 11.0. The van der Waals surface area contributed by atoms with E-state index in [-0.39, 0.29) is 17.4 Å². The van der Waals surface area contributed by atoms with Crippen molar-refractivity contribution in [2.24, 2.45) is 0 Å². The van der Waals surface area contributed by atoms with Crippen LogP contribution < -0.4 is 20.9 Å². The lowest BCUT2D eigenvalue weighted by Gasteiger charge is -2.31. The van der Waals surface area contributed by atoms with Crippen molar-refractivity contribution in [3.8, 4) is 0 Å². The van der Waals surface area contributed by atoms with Gasteiger partial charge in [0.2, 0.25) is 0 Å². The largest absolute Gasteiger partial charge is 0.377 e. The number of rotatable bonds is 5. The Bertz CT molecular complexity index is 872. The maximum atomic E-state index is 13.3. The van der Waals surface area contributed by atoms with E-state index < -0.39 is 5.82 Å². The number of benzene rings is 1. The van der Waals surface area contributed by atoms with Crippen LogP contribution in [0.3, 0.4) is 0 Å². The molecular formula is C21H28Cl2FN5S. The van der Waals surface area contributed by atoms with E-state index in [0.717, 1.165) is 37.1 Å². The summed E-state index contributed by atoms with van der Waals surface area (Å²) in [7, 11) is 4.08. The third kappa shape index (κ3) is 6.59. The van der Waals surface area contributed by atoms with Crippen molar-refractivity contribution in [2.45, 2.75) is 44.7 Å². The van der Waals surface area contributed by atoms with Crippen LogP contribution in [0, 0.1) is 12.7 Å². The lowest BCUT2D eigenvalue weighted by Crippen LogP contribution is -2.42. The molecule has 1 fully saturated rings. The predicted octanol–water partition coefficient (Wildman–Crippen LogP) is 5.38. The van der Waals surface area contributed by atoms with E-state index in [9.17, 15) is 4.39 Å². The van der Waals surface area contributed by atoms with Crippen LogP contribution in [0.1, 0.15) is 31.2 Å². The van der Waals surface area contributed by atoms with Gasteiger partial charge >= 0.3 is 0 Å². The molecule has 2 aromatic rings. The van der Waals surface area contributed by atoms with Crippen LogP contribution >= 0.6 is 36.2 Å². The number of halogens is 3. The molecule has 0 saturated heterocycles. The minimum atomic E-state index is -0.442.